The van der Waals surface area contributed by atoms with Crippen molar-refractivity contribution in [3.05, 3.63) is 65.7 Å². The third kappa shape index (κ3) is 8.65. The molecule has 0 atom stereocenters. The van der Waals surface area contributed by atoms with Gasteiger partial charge in [-0.1, -0.05) is 0 Å². The largest absolute Gasteiger partial charge is 0.490 e. The van der Waals surface area contributed by atoms with Gasteiger partial charge >= 0.3 is 12.1 Å². The highest BCUT2D eigenvalue weighted by Crippen LogP contribution is 2.31. The van der Waals surface area contributed by atoms with E-state index in [1.165, 1.54) is 19.1 Å². The van der Waals surface area contributed by atoms with E-state index in [1.54, 1.807) is 24.3 Å². The minimum atomic E-state index is -4.41. The molecule has 0 saturated heterocycles. The van der Waals surface area contributed by atoms with E-state index >= 15 is 0 Å². The zero-order valence-electron chi connectivity index (χ0n) is 16.7. The number of ether oxygens (including phenoxy) is 3. The van der Waals surface area contributed by atoms with Gasteiger partial charge < -0.3 is 14.2 Å². The Morgan fingerprint density at radius 2 is 1.39 bits per heavy atom. The van der Waals surface area contributed by atoms with E-state index in [-0.39, 0.29) is 43.8 Å². The molecule has 0 saturated carbocycles. The van der Waals surface area contributed by atoms with Crippen LogP contribution in [0.1, 0.15) is 31.7 Å². The molecule has 0 aliphatic rings. The van der Waals surface area contributed by atoms with E-state index in [1.807, 2.05) is 0 Å². The van der Waals surface area contributed by atoms with Gasteiger partial charge in [-0.2, -0.15) is 22.0 Å². The molecule has 0 N–H and O–H groups in total. The van der Waals surface area contributed by atoms with Crippen molar-refractivity contribution in [1.29, 1.82) is 0 Å². The molecule has 0 aliphatic heterocycles. The molecule has 0 bridgehead atoms. The Morgan fingerprint density at radius 1 is 0.839 bits per heavy atom. The minimum Gasteiger partial charge on any atom is -0.490 e. The minimum absolute atomic E-state index is 0.00886. The van der Waals surface area contributed by atoms with Crippen LogP contribution >= 0.6 is 0 Å². The number of rotatable bonds is 10. The molecular formula is C22H21F5O4. The van der Waals surface area contributed by atoms with Gasteiger partial charge in [-0.3, -0.25) is 4.79 Å². The van der Waals surface area contributed by atoms with Gasteiger partial charge in [0.15, 0.2) is 0 Å². The maximum atomic E-state index is 12.6. The molecule has 168 valence electrons. The first-order valence-corrected chi connectivity index (χ1v) is 9.39. The maximum absolute atomic E-state index is 12.6. The number of halogens is 5. The van der Waals surface area contributed by atoms with E-state index in [0.29, 0.717) is 11.5 Å². The molecule has 0 radical (unpaired) electrons. The Kier molecular flexibility index (Phi) is 8.84. The summed E-state index contributed by atoms with van der Waals surface area (Å²) in [6.45, 7) is 1.42. The fourth-order valence-corrected chi connectivity index (χ4v) is 2.43. The topological polar surface area (TPSA) is 44.8 Å². The molecule has 4 nitrogen and oxygen atoms in total. The average molecular weight is 444 g/mol. The highest BCUT2D eigenvalue weighted by atomic mass is 19.4. The second-order valence-electron chi connectivity index (χ2n) is 6.56. The Bertz CT molecular complexity index is 870. The number of alkyl halides is 3. The van der Waals surface area contributed by atoms with Crippen LogP contribution in [0.15, 0.2) is 60.2 Å². The molecule has 2 aromatic carbocycles. The standard InChI is InChI=1S/C22H21F5O4/c1-15(21(23)24)3-2-4-20(28)30-14-13-29-17-9-11-19(12-10-17)31-18-7-5-16(6-8-18)22(25,26)27/h5-12H,2-4,13-14H2,1H3. The zero-order chi connectivity index (χ0) is 22.9. The van der Waals surface area contributed by atoms with Gasteiger partial charge in [0.1, 0.15) is 30.5 Å². The van der Waals surface area contributed by atoms with Crippen LogP contribution in [0, 0.1) is 0 Å². The van der Waals surface area contributed by atoms with Crippen LogP contribution in [-0.4, -0.2) is 19.2 Å². The van der Waals surface area contributed by atoms with Gasteiger partial charge in [0.25, 0.3) is 6.08 Å². The van der Waals surface area contributed by atoms with Crippen LogP contribution < -0.4 is 9.47 Å². The number of allylic oxidation sites excluding steroid dienone is 1. The zero-order valence-corrected chi connectivity index (χ0v) is 16.7. The molecule has 0 spiro atoms. The Morgan fingerprint density at radius 3 is 1.94 bits per heavy atom. The first-order valence-electron chi connectivity index (χ1n) is 9.39. The summed E-state index contributed by atoms with van der Waals surface area (Å²) in [4.78, 5) is 11.5. The Balaban J connectivity index is 1.69. The lowest BCUT2D eigenvalue weighted by Gasteiger charge is -2.10. The van der Waals surface area contributed by atoms with Crippen molar-refractivity contribution in [1.82, 2.24) is 0 Å². The van der Waals surface area contributed by atoms with E-state index in [2.05, 4.69) is 0 Å². The highest BCUT2D eigenvalue weighted by molar-refractivity contribution is 5.69. The summed E-state index contributed by atoms with van der Waals surface area (Å²) >= 11 is 0. The van der Waals surface area contributed by atoms with Crippen molar-refractivity contribution in [3.63, 3.8) is 0 Å². The molecule has 0 aliphatic carbocycles. The number of hydrogen-bond donors (Lipinski definition) is 0. The number of esters is 1. The molecule has 0 fully saturated rings. The van der Waals surface area contributed by atoms with Gasteiger partial charge in [0.05, 0.1) is 5.56 Å². The summed E-state index contributed by atoms with van der Waals surface area (Å²) in [5.41, 5.74) is -0.799. The van der Waals surface area contributed by atoms with E-state index in [9.17, 15) is 26.7 Å². The van der Waals surface area contributed by atoms with Crippen LogP contribution in [0.4, 0.5) is 22.0 Å². The van der Waals surface area contributed by atoms with Gasteiger partial charge in [0.2, 0.25) is 0 Å². The second kappa shape index (κ2) is 11.3. The van der Waals surface area contributed by atoms with Crippen molar-refractivity contribution in [2.45, 2.75) is 32.4 Å². The maximum Gasteiger partial charge on any atom is 0.416 e. The molecular weight excluding hydrogens is 423 g/mol. The monoisotopic (exact) mass is 444 g/mol. The summed E-state index contributed by atoms with van der Waals surface area (Å²) in [5.74, 6) is 0.659. The van der Waals surface area contributed by atoms with Crippen molar-refractivity contribution in [3.8, 4) is 17.2 Å². The number of hydrogen-bond acceptors (Lipinski definition) is 4. The highest BCUT2D eigenvalue weighted by Gasteiger charge is 2.30. The first-order chi connectivity index (χ1) is 14.6. The van der Waals surface area contributed by atoms with Crippen LogP contribution in [0.25, 0.3) is 0 Å². The SMILES string of the molecule is CC(CCCC(=O)OCCOc1ccc(Oc2ccc(C(F)(F)F)cc2)cc1)=C(F)F. The summed E-state index contributed by atoms with van der Waals surface area (Å²) in [5, 5.41) is 0. The van der Waals surface area contributed by atoms with Crippen LogP contribution in [0.5, 0.6) is 17.2 Å². The molecule has 0 heterocycles. The summed E-state index contributed by atoms with van der Waals surface area (Å²) in [6, 6.07) is 10.7. The second-order valence-corrected chi connectivity index (χ2v) is 6.56. The van der Waals surface area contributed by atoms with Gasteiger partial charge in [-0.15, -0.1) is 0 Å². The smallest absolute Gasteiger partial charge is 0.416 e. The number of benzene rings is 2. The van der Waals surface area contributed by atoms with Crippen molar-refractivity contribution >= 4 is 5.97 Å². The van der Waals surface area contributed by atoms with Crippen molar-refractivity contribution in [2.24, 2.45) is 0 Å². The lowest BCUT2D eigenvalue weighted by Crippen LogP contribution is -2.12. The van der Waals surface area contributed by atoms with Crippen LogP contribution in [-0.2, 0) is 15.7 Å². The molecule has 0 unspecified atom stereocenters. The van der Waals surface area contributed by atoms with Crippen molar-refractivity contribution < 1.29 is 41.0 Å². The summed E-state index contributed by atoms with van der Waals surface area (Å²) in [6.07, 6.45) is -5.67. The fraction of sp³-hybridized carbons (Fsp3) is 0.318. The molecule has 9 heteroatoms. The van der Waals surface area contributed by atoms with Gasteiger partial charge in [-0.05, 0) is 73.9 Å². The predicted octanol–water partition coefficient (Wildman–Crippen LogP) is 6.76. The summed E-state index contributed by atoms with van der Waals surface area (Å²) < 4.78 is 78.1. The Hall–Kier alpha value is -3.10. The number of carbonyl (C=O) groups excluding carboxylic acids is 1. The molecule has 0 aromatic heterocycles. The van der Waals surface area contributed by atoms with Gasteiger partial charge in [-0.25, -0.2) is 0 Å². The number of carbonyl (C=O) groups is 1. The lowest BCUT2D eigenvalue weighted by molar-refractivity contribution is -0.144. The summed E-state index contributed by atoms with van der Waals surface area (Å²) in [7, 11) is 0. The van der Waals surface area contributed by atoms with Crippen LogP contribution in [0.3, 0.4) is 0 Å². The van der Waals surface area contributed by atoms with E-state index < -0.39 is 23.8 Å². The quantitative estimate of drug-likeness (QED) is 0.231. The molecule has 2 aromatic rings. The first kappa shape index (κ1) is 24.2. The molecule has 0 amide bonds. The molecule has 2 rings (SSSR count). The fourth-order valence-electron chi connectivity index (χ4n) is 2.43. The third-order valence-electron chi connectivity index (χ3n) is 4.11. The van der Waals surface area contributed by atoms with E-state index in [0.717, 1.165) is 12.1 Å². The predicted molar refractivity (Wildman–Crippen MR) is 103 cm³/mol. The molecule has 31 heavy (non-hydrogen) atoms. The normalized spacial score (nSPS) is 11.0. The van der Waals surface area contributed by atoms with Crippen molar-refractivity contribution in [2.75, 3.05) is 13.2 Å². The average Bonchev–Trinajstić information content (AvgIpc) is 2.72. The van der Waals surface area contributed by atoms with E-state index in [4.69, 9.17) is 14.2 Å². The van der Waals surface area contributed by atoms with Crippen LogP contribution in [0.2, 0.25) is 0 Å². The lowest BCUT2D eigenvalue weighted by atomic mass is 10.1. The van der Waals surface area contributed by atoms with Gasteiger partial charge in [0, 0.05) is 6.42 Å². The Labute approximate surface area is 176 Å². The third-order valence-corrected chi connectivity index (χ3v) is 4.11.